The molecule has 0 unspecified atom stereocenters. The SMILES string of the molecule is CC(C)[C@@H]1NC(=O)[C@@H](CC(=O)O)CCC/C=C/CCCN(C)C1=O. The molecule has 1 aliphatic heterocycles. The van der Waals surface area contributed by atoms with Gasteiger partial charge < -0.3 is 15.3 Å². The Morgan fingerprint density at radius 3 is 2.50 bits per heavy atom. The number of carbonyl (C=O) groups excluding carboxylic acids is 2. The summed E-state index contributed by atoms with van der Waals surface area (Å²) >= 11 is 0. The Labute approximate surface area is 144 Å². The summed E-state index contributed by atoms with van der Waals surface area (Å²) in [7, 11) is 1.74. The van der Waals surface area contributed by atoms with Gasteiger partial charge in [0.15, 0.2) is 0 Å². The van der Waals surface area contributed by atoms with Crippen LogP contribution in [0, 0.1) is 11.8 Å². The number of rotatable bonds is 3. The topological polar surface area (TPSA) is 86.7 Å². The Morgan fingerprint density at radius 1 is 1.29 bits per heavy atom. The molecule has 2 atom stereocenters. The molecule has 0 aromatic heterocycles. The summed E-state index contributed by atoms with van der Waals surface area (Å²) in [6.07, 6.45) is 7.88. The summed E-state index contributed by atoms with van der Waals surface area (Å²) in [5.41, 5.74) is 0. The molecule has 1 aliphatic rings. The maximum atomic E-state index is 12.6. The van der Waals surface area contributed by atoms with Crippen LogP contribution in [0.4, 0.5) is 0 Å². The lowest BCUT2D eigenvalue weighted by Crippen LogP contribution is -2.52. The number of carboxylic acids is 1. The van der Waals surface area contributed by atoms with Gasteiger partial charge in [-0.2, -0.15) is 0 Å². The van der Waals surface area contributed by atoms with Gasteiger partial charge in [-0.15, -0.1) is 0 Å². The number of allylic oxidation sites excluding steroid dienone is 2. The third-order valence-electron chi connectivity index (χ3n) is 4.35. The van der Waals surface area contributed by atoms with Crippen molar-refractivity contribution in [1.82, 2.24) is 10.2 Å². The minimum atomic E-state index is -0.989. The Morgan fingerprint density at radius 2 is 1.92 bits per heavy atom. The van der Waals surface area contributed by atoms with Crippen LogP contribution in [0.1, 0.15) is 52.4 Å². The molecular weight excluding hydrogens is 308 g/mol. The molecule has 0 radical (unpaired) electrons. The van der Waals surface area contributed by atoms with Crippen LogP contribution >= 0.6 is 0 Å². The Balaban J connectivity index is 2.94. The average Bonchev–Trinajstić information content (AvgIpc) is 2.51. The number of amides is 2. The van der Waals surface area contributed by atoms with E-state index in [-0.39, 0.29) is 24.2 Å². The van der Waals surface area contributed by atoms with Crippen LogP contribution in [0.3, 0.4) is 0 Å². The molecule has 2 N–H and O–H groups in total. The molecule has 0 saturated carbocycles. The van der Waals surface area contributed by atoms with Gasteiger partial charge in [0, 0.05) is 19.5 Å². The number of carboxylic acid groups (broad SMARTS) is 1. The van der Waals surface area contributed by atoms with Crippen molar-refractivity contribution in [3.63, 3.8) is 0 Å². The fourth-order valence-corrected chi connectivity index (χ4v) is 2.83. The maximum Gasteiger partial charge on any atom is 0.304 e. The van der Waals surface area contributed by atoms with Gasteiger partial charge in [0.1, 0.15) is 6.04 Å². The van der Waals surface area contributed by atoms with Crippen LogP contribution in [0.2, 0.25) is 0 Å². The fourth-order valence-electron chi connectivity index (χ4n) is 2.83. The molecule has 0 spiro atoms. The molecule has 1 heterocycles. The van der Waals surface area contributed by atoms with Crippen molar-refractivity contribution < 1.29 is 19.5 Å². The van der Waals surface area contributed by atoms with Crippen LogP contribution in [-0.2, 0) is 14.4 Å². The molecule has 2 amide bonds. The third-order valence-corrected chi connectivity index (χ3v) is 4.35. The van der Waals surface area contributed by atoms with Gasteiger partial charge in [-0.3, -0.25) is 14.4 Å². The zero-order valence-corrected chi connectivity index (χ0v) is 15.0. The van der Waals surface area contributed by atoms with Gasteiger partial charge in [-0.1, -0.05) is 26.0 Å². The summed E-state index contributed by atoms with van der Waals surface area (Å²) in [5.74, 6) is -2.09. The Hall–Kier alpha value is -1.85. The minimum Gasteiger partial charge on any atom is -0.481 e. The second-order valence-electron chi connectivity index (χ2n) is 6.83. The van der Waals surface area contributed by atoms with Crippen molar-refractivity contribution in [2.75, 3.05) is 13.6 Å². The molecule has 0 bridgehead atoms. The molecule has 0 aliphatic carbocycles. The summed E-state index contributed by atoms with van der Waals surface area (Å²) in [5, 5.41) is 11.8. The van der Waals surface area contributed by atoms with E-state index >= 15 is 0 Å². The molecular formula is C18H30N2O4. The second-order valence-corrected chi connectivity index (χ2v) is 6.83. The largest absolute Gasteiger partial charge is 0.481 e. The predicted octanol–water partition coefficient (Wildman–Crippen LogP) is 2.20. The number of hydrogen-bond donors (Lipinski definition) is 2. The number of nitrogens with one attached hydrogen (secondary N) is 1. The summed E-state index contributed by atoms with van der Waals surface area (Å²) in [4.78, 5) is 37.8. The molecule has 6 heteroatoms. The molecule has 0 fully saturated rings. The highest BCUT2D eigenvalue weighted by Gasteiger charge is 2.30. The number of carbonyl (C=O) groups is 3. The third kappa shape index (κ3) is 6.72. The van der Waals surface area contributed by atoms with E-state index in [1.165, 1.54) is 0 Å². The quantitative estimate of drug-likeness (QED) is 0.772. The van der Waals surface area contributed by atoms with Gasteiger partial charge in [0.05, 0.1) is 6.42 Å². The minimum absolute atomic E-state index is 0.0535. The van der Waals surface area contributed by atoms with Gasteiger partial charge >= 0.3 is 5.97 Å². The van der Waals surface area contributed by atoms with Gasteiger partial charge in [-0.25, -0.2) is 0 Å². The van der Waals surface area contributed by atoms with Crippen molar-refractivity contribution in [3.8, 4) is 0 Å². The van der Waals surface area contributed by atoms with Crippen molar-refractivity contribution >= 4 is 17.8 Å². The van der Waals surface area contributed by atoms with E-state index in [0.717, 1.165) is 25.7 Å². The molecule has 6 nitrogen and oxygen atoms in total. The van der Waals surface area contributed by atoms with Crippen LogP contribution in [-0.4, -0.2) is 47.4 Å². The fraction of sp³-hybridized carbons (Fsp3) is 0.722. The zero-order valence-electron chi connectivity index (χ0n) is 15.0. The van der Waals surface area contributed by atoms with E-state index in [2.05, 4.69) is 17.5 Å². The van der Waals surface area contributed by atoms with Crippen LogP contribution < -0.4 is 5.32 Å². The summed E-state index contributed by atoms with van der Waals surface area (Å²) in [6.45, 7) is 4.41. The molecule has 136 valence electrons. The normalized spacial score (nSPS) is 25.9. The van der Waals surface area contributed by atoms with Gasteiger partial charge in [0.25, 0.3) is 0 Å². The molecule has 24 heavy (non-hydrogen) atoms. The van der Waals surface area contributed by atoms with Crippen LogP contribution in [0.25, 0.3) is 0 Å². The molecule has 0 saturated heterocycles. The lowest BCUT2D eigenvalue weighted by Gasteiger charge is -2.28. The van der Waals surface area contributed by atoms with Crippen molar-refractivity contribution in [2.45, 2.75) is 58.4 Å². The van der Waals surface area contributed by atoms with E-state index in [0.29, 0.717) is 13.0 Å². The number of nitrogens with zero attached hydrogens (tertiary/aromatic N) is 1. The molecule has 1 rings (SSSR count). The van der Waals surface area contributed by atoms with E-state index < -0.39 is 17.9 Å². The predicted molar refractivity (Wildman–Crippen MR) is 92.4 cm³/mol. The van der Waals surface area contributed by atoms with Crippen molar-refractivity contribution in [2.24, 2.45) is 11.8 Å². The van der Waals surface area contributed by atoms with E-state index in [1.54, 1.807) is 11.9 Å². The smallest absolute Gasteiger partial charge is 0.304 e. The van der Waals surface area contributed by atoms with Crippen molar-refractivity contribution in [3.05, 3.63) is 12.2 Å². The summed E-state index contributed by atoms with van der Waals surface area (Å²) < 4.78 is 0. The average molecular weight is 338 g/mol. The Kier molecular flexibility index (Phi) is 8.50. The van der Waals surface area contributed by atoms with E-state index in [4.69, 9.17) is 5.11 Å². The van der Waals surface area contributed by atoms with Crippen molar-refractivity contribution in [1.29, 1.82) is 0 Å². The first-order chi connectivity index (χ1) is 11.3. The highest BCUT2D eigenvalue weighted by atomic mass is 16.4. The monoisotopic (exact) mass is 338 g/mol. The van der Waals surface area contributed by atoms with Crippen LogP contribution in [0.5, 0.6) is 0 Å². The number of likely N-dealkylation sites (N-methyl/N-ethyl adjacent to an activating group) is 1. The zero-order chi connectivity index (χ0) is 18.1. The number of aliphatic carboxylic acids is 1. The van der Waals surface area contributed by atoms with E-state index in [1.807, 2.05) is 13.8 Å². The standard InChI is InChI=1S/C18H30N2O4/c1-13(2)16-18(24)20(3)11-9-7-5-4-6-8-10-14(12-15(21)22)17(23)19-16/h4-5,13-14,16H,6-12H2,1-3H3,(H,19,23)(H,21,22)/b5-4+/t14-,16+/m1/s1. The van der Waals surface area contributed by atoms with Gasteiger partial charge in [-0.05, 0) is 38.0 Å². The maximum absolute atomic E-state index is 12.6. The molecule has 0 aromatic rings. The van der Waals surface area contributed by atoms with Crippen LogP contribution in [0.15, 0.2) is 12.2 Å². The lowest BCUT2D eigenvalue weighted by molar-refractivity contribution is -0.142. The number of hydrogen-bond acceptors (Lipinski definition) is 3. The first-order valence-electron chi connectivity index (χ1n) is 8.75. The second kappa shape index (κ2) is 10.1. The van der Waals surface area contributed by atoms with Gasteiger partial charge in [0.2, 0.25) is 11.8 Å². The highest BCUT2D eigenvalue weighted by molar-refractivity contribution is 5.90. The Bertz CT molecular complexity index is 474. The first-order valence-corrected chi connectivity index (χ1v) is 8.75. The van der Waals surface area contributed by atoms with E-state index in [9.17, 15) is 14.4 Å². The first kappa shape index (κ1) is 20.2. The summed E-state index contributed by atoms with van der Waals surface area (Å²) in [6, 6.07) is -0.614. The molecule has 0 aromatic carbocycles. The lowest BCUT2D eigenvalue weighted by atomic mass is 9.95. The highest BCUT2D eigenvalue weighted by Crippen LogP contribution is 2.16.